The van der Waals surface area contributed by atoms with Crippen molar-refractivity contribution >= 4 is 0 Å². The van der Waals surface area contributed by atoms with Crippen LogP contribution < -0.4 is 11.5 Å². The number of morpholine rings is 1. The van der Waals surface area contributed by atoms with E-state index < -0.39 is 0 Å². The Morgan fingerprint density at radius 3 is 1.28 bits per heavy atom. The molecule has 0 unspecified atom stereocenters. The molecule has 0 bridgehead atoms. The fraction of sp³-hybridized carbons (Fsp3) is 1.00. The van der Waals surface area contributed by atoms with Gasteiger partial charge in [0.25, 0.3) is 0 Å². The Balaban J connectivity index is -0.000000189. The van der Waals surface area contributed by atoms with E-state index in [1.54, 1.807) is 0 Å². The van der Waals surface area contributed by atoms with Crippen molar-refractivity contribution in [2.45, 2.75) is 20.8 Å². The van der Waals surface area contributed by atoms with Crippen molar-refractivity contribution in [3.05, 3.63) is 0 Å². The minimum atomic E-state index is 0. The van der Waals surface area contributed by atoms with Crippen LogP contribution in [0.3, 0.4) is 0 Å². The van der Waals surface area contributed by atoms with E-state index in [0.29, 0.717) is 0 Å². The van der Waals surface area contributed by atoms with Crippen LogP contribution in [0.2, 0.25) is 0 Å². The second-order valence-electron chi connectivity index (χ2n) is 4.32. The normalized spacial score (nSPS) is 14.0. The fourth-order valence-electron chi connectivity index (χ4n) is 1.19. The first-order valence-corrected chi connectivity index (χ1v) is 6.70. The molecular weight excluding hydrogens is 228 g/mol. The molecule has 0 aromatic rings. The summed E-state index contributed by atoms with van der Waals surface area (Å²) in [4.78, 5) is 4.38. The lowest BCUT2D eigenvalue weighted by molar-refractivity contribution is 0.109. The van der Waals surface area contributed by atoms with Crippen LogP contribution >= 0.6 is 0 Å². The zero-order chi connectivity index (χ0) is 13.5. The number of nitrogens with one attached hydrogen (secondary N) is 1. The summed E-state index contributed by atoms with van der Waals surface area (Å²) >= 11 is 0. The third-order valence-corrected chi connectivity index (χ3v) is 2.19. The summed E-state index contributed by atoms with van der Waals surface area (Å²) in [5, 5.41) is 3.16. The highest BCUT2D eigenvalue weighted by Gasteiger charge is 1.93. The highest BCUT2D eigenvalue weighted by atomic mass is 16.5. The van der Waals surface area contributed by atoms with E-state index in [-0.39, 0.29) is 6.15 Å². The van der Waals surface area contributed by atoms with Crippen molar-refractivity contribution < 1.29 is 4.74 Å². The fourth-order valence-corrected chi connectivity index (χ4v) is 1.19. The SMILES string of the molecule is C1COCCN1.CCN(CC)CC.CN(C)C.N. The first kappa shape index (κ1) is 22.9. The summed E-state index contributed by atoms with van der Waals surface area (Å²) in [7, 11) is 6.00. The average Bonchev–Trinajstić information content (AvgIpc) is 2.34. The highest BCUT2D eigenvalue weighted by Crippen LogP contribution is 1.81. The highest BCUT2D eigenvalue weighted by molar-refractivity contribution is 4.49. The third-order valence-electron chi connectivity index (χ3n) is 2.19. The van der Waals surface area contributed by atoms with Gasteiger partial charge in [-0.25, -0.2) is 0 Å². The maximum absolute atomic E-state index is 5.01. The Hall–Kier alpha value is -0.200. The van der Waals surface area contributed by atoms with Crippen molar-refractivity contribution in [1.82, 2.24) is 21.3 Å². The van der Waals surface area contributed by atoms with Gasteiger partial charge in [-0.15, -0.1) is 0 Å². The first-order valence-electron chi connectivity index (χ1n) is 6.70. The van der Waals surface area contributed by atoms with Gasteiger partial charge < -0.3 is 26.0 Å². The van der Waals surface area contributed by atoms with Gasteiger partial charge in [-0.05, 0) is 40.8 Å². The van der Waals surface area contributed by atoms with E-state index in [9.17, 15) is 0 Å². The number of rotatable bonds is 3. The molecule has 1 aliphatic heterocycles. The summed E-state index contributed by atoms with van der Waals surface area (Å²) in [6, 6.07) is 0. The summed E-state index contributed by atoms with van der Waals surface area (Å²) in [6.07, 6.45) is 0. The van der Waals surface area contributed by atoms with Gasteiger partial charge in [0, 0.05) is 13.1 Å². The molecule has 0 saturated carbocycles. The Kier molecular flexibility index (Phi) is 24.4. The van der Waals surface area contributed by atoms with Crippen molar-refractivity contribution in [2.24, 2.45) is 0 Å². The molecule has 5 heteroatoms. The van der Waals surface area contributed by atoms with Gasteiger partial charge in [0.1, 0.15) is 0 Å². The van der Waals surface area contributed by atoms with E-state index in [0.717, 1.165) is 26.3 Å². The predicted octanol–water partition coefficient (Wildman–Crippen LogP) is 1.29. The first-order chi connectivity index (χ1) is 8.08. The zero-order valence-corrected chi connectivity index (χ0v) is 13.5. The molecule has 1 rings (SSSR count). The van der Waals surface area contributed by atoms with Crippen LogP contribution in [0.5, 0.6) is 0 Å². The molecule has 0 spiro atoms. The van der Waals surface area contributed by atoms with E-state index in [4.69, 9.17) is 4.74 Å². The number of hydrogen-bond acceptors (Lipinski definition) is 5. The standard InChI is InChI=1S/C6H15N.C4H9NO.C3H9N.H3N/c1-4-7(5-2)6-3;1-3-6-4-2-5-1;1-4(2)3;/h4-6H2,1-3H3;5H,1-4H2;1-3H3;1H3. The van der Waals surface area contributed by atoms with Crippen LogP contribution in [0.4, 0.5) is 0 Å². The predicted molar refractivity (Wildman–Crippen MR) is 81.8 cm³/mol. The molecule has 1 heterocycles. The summed E-state index contributed by atoms with van der Waals surface area (Å²) in [5.74, 6) is 0. The van der Waals surface area contributed by atoms with Crippen molar-refractivity contribution in [2.75, 3.05) is 67.1 Å². The molecule has 0 aromatic carbocycles. The summed E-state index contributed by atoms with van der Waals surface area (Å²) in [5.41, 5.74) is 0. The second kappa shape index (κ2) is 19.1. The second-order valence-corrected chi connectivity index (χ2v) is 4.32. The molecule has 1 aliphatic rings. The molecule has 0 atom stereocenters. The van der Waals surface area contributed by atoms with Gasteiger partial charge >= 0.3 is 0 Å². The monoisotopic (exact) mass is 264 g/mol. The number of nitrogens with zero attached hydrogens (tertiary/aromatic N) is 2. The maximum atomic E-state index is 5.01. The Labute approximate surface area is 114 Å². The topological polar surface area (TPSA) is 62.7 Å². The average molecular weight is 264 g/mol. The largest absolute Gasteiger partial charge is 0.379 e. The van der Waals surface area contributed by atoms with Crippen molar-refractivity contribution in [3.63, 3.8) is 0 Å². The van der Waals surface area contributed by atoms with Crippen LogP contribution in [0, 0.1) is 0 Å². The minimum Gasteiger partial charge on any atom is -0.379 e. The molecule has 18 heavy (non-hydrogen) atoms. The lowest BCUT2D eigenvalue weighted by Gasteiger charge is -2.13. The number of hydrogen-bond donors (Lipinski definition) is 2. The van der Waals surface area contributed by atoms with Crippen LogP contribution in [-0.2, 0) is 4.74 Å². The van der Waals surface area contributed by atoms with Crippen LogP contribution in [0.25, 0.3) is 0 Å². The van der Waals surface area contributed by atoms with Crippen LogP contribution in [-0.4, -0.2) is 76.9 Å². The lowest BCUT2D eigenvalue weighted by atomic mass is 10.5. The molecule has 5 nitrogen and oxygen atoms in total. The lowest BCUT2D eigenvalue weighted by Crippen LogP contribution is -2.30. The van der Waals surface area contributed by atoms with Crippen molar-refractivity contribution in [1.29, 1.82) is 0 Å². The van der Waals surface area contributed by atoms with Crippen molar-refractivity contribution in [3.8, 4) is 0 Å². The molecular formula is C13H36N4O. The maximum Gasteiger partial charge on any atom is 0.0591 e. The summed E-state index contributed by atoms with van der Waals surface area (Å²) < 4.78 is 5.01. The van der Waals surface area contributed by atoms with Gasteiger partial charge in [-0.3, -0.25) is 0 Å². The van der Waals surface area contributed by atoms with Gasteiger partial charge in [0.2, 0.25) is 0 Å². The zero-order valence-electron chi connectivity index (χ0n) is 13.5. The molecule has 1 fully saturated rings. The molecule has 0 amide bonds. The number of ether oxygens (including phenoxy) is 1. The molecule has 1 saturated heterocycles. The Morgan fingerprint density at radius 1 is 0.889 bits per heavy atom. The molecule has 114 valence electrons. The quantitative estimate of drug-likeness (QED) is 0.804. The van der Waals surface area contributed by atoms with Gasteiger partial charge in [0.05, 0.1) is 13.2 Å². The smallest absolute Gasteiger partial charge is 0.0591 e. The van der Waals surface area contributed by atoms with E-state index in [1.807, 2.05) is 26.0 Å². The van der Waals surface area contributed by atoms with Crippen LogP contribution in [0.15, 0.2) is 0 Å². The third kappa shape index (κ3) is 24.9. The van der Waals surface area contributed by atoms with Gasteiger partial charge in [-0.1, -0.05) is 20.8 Å². The minimum absolute atomic E-state index is 0. The summed E-state index contributed by atoms with van der Waals surface area (Å²) in [6.45, 7) is 14.0. The molecule has 0 radical (unpaired) electrons. The Bertz CT molecular complexity index is 106. The van der Waals surface area contributed by atoms with Crippen LogP contribution in [0.1, 0.15) is 20.8 Å². The van der Waals surface area contributed by atoms with E-state index >= 15 is 0 Å². The molecule has 4 N–H and O–H groups in total. The Morgan fingerprint density at radius 2 is 1.22 bits per heavy atom. The molecule has 0 aromatic heterocycles. The van der Waals surface area contributed by atoms with Gasteiger partial charge in [0.15, 0.2) is 0 Å². The molecule has 0 aliphatic carbocycles. The van der Waals surface area contributed by atoms with E-state index in [2.05, 4.69) is 31.0 Å². The van der Waals surface area contributed by atoms with Gasteiger partial charge in [-0.2, -0.15) is 0 Å². The van der Waals surface area contributed by atoms with E-state index in [1.165, 1.54) is 19.6 Å².